The molecule has 0 bridgehead atoms. The van der Waals surface area contributed by atoms with E-state index in [1.165, 1.54) is 22.4 Å². The molecule has 0 atom stereocenters. The van der Waals surface area contributed by atoms with Gasteiger partial charge in [0.15, 0.2) is 4.80 Å². The van der Waals surface area contributed by atoms with Crippen molar-refractivity contribution in [3.8, 4) is 11.3 Å². The monoisotopic (exact) mass is 320 g/mol. The Morgan fingerprint density at radius 1 is 1.09 bits per heavy atom. The summed E-state index contributed by atoms with van der Waals surface area (Å²) in [4.78, 5) is 5.85. The molecule has 3 rings (SSSR count). The smallest absolute Gasteiger partial charge is 0.190 e. The van der Waals surface area contributed by atoms with Crippen molar-refractivity contribution < 1.29 is 0 Å². The van der Waals surface area contributed by atoms with Crippen LogP contribution in [0.15, 0.2) is 71.6 Å². The molecule has 2 nitrogen and oxygen atoms in total. The molecule has 0 saturated carbocycles. The number of hydrogen-bond acceptors (Lipinski definition) is 2. The summed E-state index contributed by atoms with van der Waals surface area (Å²) in [5, 5.41) is 2.17. The molecule has 116 valence electrons. The van der Waals surface area contributed by atoms with Gasteiger partial charge in [0, 0.05) is 11.9 Å². The second kappa shape index (κ2) is 6.80. The van der Waals surface area contributed by atoms with Crippen molar-refractivity contribution in [2.75, 3.05) is 0 Å². The average molecular weight is 320 g/mol. The molecule has 0 N–H and O–H groups in total. The minimum absolute atomic E-state index is 0.747. The molecule has 0 radical (unpaired) electrons. The van der Waals surface area contributed by atoms with Gasteiger partial charge in [-0.25, -0.2) is 4.99 Å². The standard InChI is InChI=1S/C20H20N2S/c1-4-13-22-19(17-11-9-15(2)10-12-17)14-23-20(22)21-18-8-6-5-7-16(18)3/h4-12,14H,1,13H2,2-3H3. The predicted molar refractivity (Wildman–Crippen MR) is 99.1 cm³/mol. The molecule has 0 fully saturated rings. The number of thiazole rings is 1. The normalized spacial score (nSPS) is 11.7. The van der Waals surface area contributed by atoms with E-state index in [9.17, 15) is 0 Å². The van der Waals surface area contributed by atoms with Crippen LogP contribution in [0.2, 0.25) is 0 Å². The van der Waals surface area contributed by atoms with Crippen molar-refractivity contribution in [3.63, 3.8) is 0 Å². The van der Waals surface area contributed by atoms with Gasteiger partial charge in [0.05, 0.1) is 11.4 Å². The first-order valence-electron chi connectivity index (χ1n) is 7.65. The topological polar surface area (TPSA) is 17.3 Å². The Morgan fingerprint density at radius 2 is 1.83 bits per heavy atom. The zero-order valence-corrected chi connectivity index (χ0v) is 14.3. The van der Waals surface area contributed by atoms with E-state index in [1.54, 1.807) is 11.3 Å². The summed E-state index contributed by atoms with van der Waals surface area (Å²) < 4.78 is 2.22. The molecule has 3 heteroatoms. The molecule has 3 aromatic rings. The highest BCUT2D eigenvalue weighted by Crippen LogP contribution is 2.22. The number of nitrogens with zero attached hydrogens (tertiary/aromatic N) is 2. The van der Waals surface area contributed by atoms with Crippen LogP contribution in [0.1, 0.15) is 11.1 Å². The fraction of sp³-hybridized carbons (Fsp3) is 0.150. The minimum atomic E-state index is 0.747. The lowest BCUT2D eigenvalue weighted by atomic mass is 10.1. The van der Waals surface area contributed by atoms with Crippen molar-refractivity contribution in [1.29, 1.82) is 0 Å². The first-order chi connectivity index (χ1) is 11.2. The van der Waals surface area contributed by atoms with Crippen LogP contribution in [0.3, 0.4) is 0 Å². The van der Waals surface area contributed by atoms with E-state index in [2.05, 4.69) is 66.8 Å². The molecule has 2 aromatic carbocycles. The Labute approximate surface area is 141 Å². The highest BCUT2D eigenvalue weighted by molar-refractivity contribution is 7.07. The van der Waals surface area contributed by atoms with E-state index in [0.29, 0.717) is 0 Å². The number of rotatable bonds is 4. The van der Waals surface area contributed by atoms with Crippen LogP contribution in [0.25, 0.3) is 11.3 Å². The van der Waals surface area contributed by atoms with E-state index in [1.807, 2.05) is 18.2 Å². The van der Waals surface area contributed by atoms with Crippen molar-refractivity contribution in [2.45, 2.75) is 20.4 Å². The van der Waals surface area contributed by atoms with Crippen LogP contribution < -0.4 is 4.80 Å². The summed E-state index contributed by atoms with van der Waals surface area (Å²) in [5.41, 5.74) is 5.86. The number of aromatic nitrogens is 1. The van der Waals surface area contributed by atoms with E-state index < -0.39 is 0 Å². The summed E-state index contributed by atoms with van der Waals surface area (Å²) >= 11 is 1.67. The van der Waals surface area contributed by atoms with Crippen LogP contribution in [-0.2, 0) is 6.54 Å². The van der Waals surface area contributed by atoms with Crippen molar-refractivity contribution in [1.82, 2.24) is 4.57 Å². The molecule has 0 amide bonds. The Hall–Kier alpha value is -2.39. The largest absolute Gasteiger partial charge is 0.313 e. The molecular weight excluding hydrogens is 300 g/mol. The quantitative estimate of drug-likeness (QED) is 0.584. The molecule has 23 heavy (non-hydrogen) atoms. The van der Waals surface area contributed by atoms with E-state index in [4.69, 9.17) is 4.99 Å². The molecule has 1 aromatic heterocycles. The van der Waals surface area contributed by atoms with Gasteiger partial charge in [-0.05, 0) is 31.0 Å². The van der Waals surface area contributed by atoms with Gasteiger partial charge in [-0.3, -0.25) is 0 Å². The summed E-state index contributed by atoms with van der Waals surface area (Å²) in [6.07, 6.45) is 1.92. The Bertz CT molecular complexity index is 883. The third-order valence-electron chi connectivity index (χ3n) is 3.79. The van der Waals surface area contributed by atoms with Crippen LogP contribution in [-0.4, -0.2) is 4.57 Å². The highest BCUT2D eigenvalue weighted by atomic mass is 32.1. The van der Waals surface area contributed by atoms with Crippen molar-refractivity contribution >= 4 is 17.0 Å². The summed E-state index contributed by atoms with van der Waals surface area (Å²) in [5.74, 6) is 0. The van der Waals surface area contributed by atoms with Gasteiger partial charge in [-0.1, -0.05) is 54.1 Å². The molecule has 0 spiro atoms. The Kier molecular flexibility index (Phi) is 4.58. The Morgan fingerprint density at radius 3 is 2.52 bits per heavy atom. The third-order valence-corrected chi connectivity index (χ3v) is 4.65. The number of aryl methyl sites for hydroxylation is 2. The lowest BCUT2D eigenvalue weighted by molar-refractivity contribution is 0.800. The van der Waals surface area contributed by atoms with Gasteiger partial charge in [-0.2, -0.15) is 0 Å². The number of allylic oxidation sites excluding steroid dienone is 1. The molecule has 0 aliphatic heterocycles. The van der Waals surface area contributed by atoms with E-state index in [0.717, 1.165) is 17.0 Å². The second-order valence-corrected chi connectivity index (χ2v) is 6.40. The van der Waals surface area contributed by atoms with Gasteiger partial charge in [0.2, 0.25) is 0 Å². The van der Waals surface area contributed by atoms with Crippen LogP contribution >= 0.6 is 11.3 Å². The number of para-hydroxylation sites is 1. The number of hydrogen-bond donors (Lipinski definition) is 0. The van der Waals surface area contributed by atoms with Crippen LogP contribution in [0.5, 0.6) is 0 Å². The van der Waals surface area contributed by atoms with Gasteiger partial charge in [0.25, 0.3) is 0 Å². The average Bonchev–Trinajstić information content (AvgIpc) is 2.94. The maximum atomic E-state index is 4.86. The van der Waals surface area contributed by atoms with Gasteiger partial charge in [0.1, 0.15) is 0 Å². The van der Waals surface area contributed by atoms with Gasteiger partial charge >= 0.3 is 0 Å². The van der Waals surface area contributed by atoms with Crippen molar-refractivity contribution in [3.05, 3.63) is 82.5 Å². The van der Waals surface area contributed by atoms with Crippen LogP contribution in [0, 0.1) is 13.8 Å². The zero-order chi connectivity index (χ0) is 16.2. The fourth-order valence-electron chi connectivity index (χ4n) is 2.47. The first kappa shape index (κ1) is 15.5. The Balaban J connectivity index is 2.14. The molecule has 0 saturated heterocycles. The fourth-order valence-corrected chi connectivity index (χ4v) is 3.40. The van der Waals surface area contributed by atoms with Crippen LogP contribution in [0.4, 0.5) is 5.69 Å². The zero-order valence-electron chi connectivity index (χ0n) is 13.5. The maximum absolute atomic E-state index is 4.86. The van der Waals surface area contributed by atoms with Gasteiger partial charge < -0.3 is 4.57 Å². The molecule has 0 unspecified atom stereocenters. The summed E-state index contributed by atoms with van der Waals surface area (Å²) in [6.45, 7) is 8.83. The highest BCUT2D eigenvalue weighted by Gasteiger charge is 2.07. The maximum Gasteiger partial charge on any atom is 0.190 e. The van der Waals surface area contributed by atoms with Gasteiger partial charge in [-0.15, -0.1) is 17.9 Å². The SMILES string of the molecule is C=CCn1c(-c2ccc(C)cc2)csc1=Nc1ccccc1C. The lowest BCUT2D eigenvalue weighted by Crippen LogP contribution is -2.14. The molecule has 1 heterocycles. The second-order valence-electron chi connectivity index (χ2n) is 5.57. The summed E-state index contributed by atoms with van der Waals surface area (Å²) in [7, 11) is 0. The van der Waals surface area contributed by atoms with Crippen molar-refractivity contribution in [2.24, 2.45) is 4.99 Å². The predicted octanol–water partition coefficient (Wildman–Crippen LogP) is 5.25. The molecular formula is C20H20N2S. The first-order valence-corrected chi connectivity index (χ1v) is 8.53. The number of benzene rings is 2. The molecule has 0 aliphatic carbocycles. The minimum Gasteiger partial charge on any atom is -0.313 e. The van der Waals surface area contributed by atoms with E-state index >= 15 is 0 Å². The lowest BCUT2D eigenvalue weighted by Gasteiger charge is -2.07. The third kappa shape index (κ3) is 3.35. The van der Waals surface area contributed by atoms with E-state index in [-0.39, 0.29) is 0 Å². The summed E-state index contributed by atoms with van der Waals surface area (Å²) in [6, 6.07) is 16.8. The molecule has 0 aliphatic rings.